The molecular weight excluding hydrogens is 723 g/mol. The second-order valence-electron chi connectivity index (χ2n) is 17.2. The van der Waals surface area contributed by atoms with Gasteiger partial charge in [-0.3, -0.25) is 0 Å². The molecule has 0 fully saturated rings. The predicted molar refractivity (Wildman–Crippen MR) is 251 cm³/mol. The molecule has 0 aliphatic heterocycles. The SMILES string of the molecule is CC1(C)c2ccccc2-c2ccc(N(C3=CC=C(c4ccc5c(c4)C4(c6ccccc6-c6ccccc64)c4ccccc4-5)CC=C3)c3ccccc3-c3ccccc3)cc21. The van der Waals surface area contributed by atoms with Gasteiger partial charge in [-0.2, -0.15) is 0 Å². The third-order valence-corrected chi connectivity index (χ3v) is 13.8. The molecule has 0 atom stereocenters. The molecule has 1 spiro atoms. The molecule has 0 N–H and O–H groups in total. The number of allylic oxidation sites excluding steroid dienone is 5. The first-order chi connectivity index (χ1) is 29.5. The van der Waals surface area contributed by atoms with Crippen molar-refractivity contribution in [1.82, 2.24) is 0 Å². The zero-order chi connectivity index (χ0) is 40.0. The standard InChI is InChI=1S/C59H43N/c1-58(2)51-26-11-6-22-45(51)49-36-34-43(38-55(49)58)60(57-30-15-10-21-44(57)40-17-4-3-5-18-40)42-20-16-19-39(31-33-42)41-32-35-50-48-25-9-14-29-54(48)59(56(50)37-41)52-27-12-7-23-46(52)47-24-8-13-28-53(47)59/h3-18,20-38H,19H2,1-2H3. The van der Waals surface area contributed by atoms with Crippen LogP contribution in [0.1, 0.15) is 59.2 Å². The molecule has 0 unspecified atom stereocenters. The number of benzene rings is 8. The van der Waals surface area contributed by atoms with E-state index in [4.69, 9.17) is 0 Å². The van der Waals surface area contributed by atoms with Gasteiger partial charge in [0, 0.05) is 22.4 Å². The molecule has 0 radical (unpaired) electrons. The summed E-state index contributed by atoms with van der Waals surface area (Å²) in [7, 11) is 0. The van der Waals surface area contributed by atoms with Gasteiger partial charge in [0.1, 0.15) is 0 Å². The number of fused-ring (bicyclic) bond motifs is 13. The van der Waals surface area contributed by atoms with Crippen molar-refractivity contribution in [1.29, 1.82) is 0 Å². The van der Waals surface area contributed by atoms with Crippen LogP contribution in [0.5, 0.6) is 0 Å². The van der Waals surface area contributed by atoms with E-state index < -0.39 is 0 Å². The molecule has 8 aromatic rings. The van der Waals surface area contributed by atoms with Crippen molar-refractivity contribution in [2.24, 2.45) is 0 Å². The van der Waals surface area contributed by atoms with Gasteiger partial charge in [-0.1, -0.05) is 190 Å². The Morgan fingerprint density at radius 2 is 0.917 bits per heavy atom. The summed E-state index contributed by atoms with van der Waals surface area (Å²) >= 11 is 0. The first-order valence-electron chi connectivity index (χ1n) is 21.2. The number of para-hydroxylation sites is 1. The lowest BCUT2D eigenvalue weighted by Gasteiger charge is -2.30. The smallest absolute Gasteiger partial charge is 0.0725 e. The molecule has 0 bridgehead atoms. The molecule has 1 nitrogen and oxygen atoms in total. The van der Waals surface area contributed by atoms with E-state index in [0.29, 0.717) is 0 Å². The summed E-state index contributed by atoms with van der Waals surface area (Å²) in [5.41, 5.74) is 24.2. The van der Waals surface area contributed by atoms with E-state index in [1.807, 2.05) is 0 Å². The van der Waals surface area contributed by atoms with Crippen molar-refractivity contribution in [3.05, 3.63) is 257 Å². The van der Waals surface area contributed by atoms with E-state index in [0.717, 1.165) is 23.5 Å². The van der Waals surface area contributed by atoms with Crippen LogP contribution in [0.2, 0.25) is 0 Å². The number of anilines is 2. The van der Waals surface area contributed by atoms with Crippen LogP contribution in [0, 0.1) is 0 Å². The molecule has 4 aliphatic rings. The second kappa shape index (κ2) is 13.1. The fourth-order valence-electron chi connectivity index (χ4n) is 11.1. The van der Waals surface area contributed by atoms with E-state index in [-0.39, 0.29) is 10.8 Å². The number of hydrogen-bond donors (Lipinski definition) is 0. The van der Waals surface area contributed by atoms with Crippen LogP contribution in [0.4, 0.5) is 11.4 Å². The lowest BCUT2D eigenvalue weighted by molar-refractivity contribution is 0.660. The Labute approximate surface area is 353 Å². The largest absolute Gasteiger partial charge is 0.310 e. The monoisotopic (exact) mass is 765 g/mol. The van der Waals surface area contributed by atoms with E-state index in [9.17, 15) is 0 Å². The van der Waals surface area contributed by atoms with Gasteiger partial charge in [0.15, 0.2) is 0 Å². The lowest BCUT2D eigenvalue weighted by Crippen LogP contribution is -2.25. The minimum atomic E-state index is -0.365. The summed E-state index contributed by atoms with van der Waals surface area (Å²) in [6, 6.07) is 70.1. The van der Waals surface area contributed by atoms with Crippen molar-refractivity contribution in [3.8, 4) is 44.5 Å². The van der Waals surface area contributed by atoms with E-state index in [1.165, 1.54) is 89.0 Å². The van der Waals surface area contributed by atoms with E-state index >= 15 is 0 Å². The molecule has 0 saturated carbocycles. The van der Waals surface area contributed by atoms with Crippen LogP contribution < -0.4 is 4.90 Å². The summed E-state index contributed by atoms with van der Waals surface area (Å²) in [4.78, 5) is 2.47. The molecule has 4 aliphatic carbocycles. The van der Waals surface area contributed by atoms with Gasteiger partial charge in [0.05, 0.1) is 11.1 Å². The highest BCUT2D eigenvalue weighted by molar-refractivity contribution is 5.96. The highest BCUT2D eigenvalue weighted by Gasteiger charge is 2.51. The average molecular weight is 766 g/mol. The summed E-state index contributed by atoms with van der Waals surface area (Å²) in [5.74, 6) is 0. The topological polar surface area (TPSA) is 3.24 Å². The van der Waals surface area contributed by atoms with Gasteiger partial charge in [-0.15, -0.1) is 0 Å². The van der Waals surface area contributed by atoms with Gasteiger partial charge < -0.3 is 4.90 Å². The zero-order valence-electron chi connectivity index (χ0n) is 33.9. The Hall–Kier alpha value is -7.22. The molecule has 0 aromatic heterocycles. The number of hydrogen-bond acceptors (Lipinski definition) is 1. The summed E-state index contributed by atoms with van der Waals surface area (Å²) in [5, 5.41) is 0. The average Bonchev–Trinajstić information content (AvgIpc) is 3.75. The van der Waals surface area contributed by atoms with Crippen LogP contribution >= 0.6 is 0 Å². The van der Waals surface area contributed by atoms with Crippen molar-refractivity contribution < 1.29 is 0 Å². The Morgan fingerprint density at radius 1 is 0.400 bits per heavy atom. The van der Waals surface area contributed by atoms with Gasteiger partial charge in [0.2, 0.25) is 0 Å². The van der Waals surface area contributed by atoms with E-state index in [2.05, 4.69) is 231 Å². The van der Waals surface area contributed by atoms with Gasteiger partial charge in [-0.25, -0.2) is 0 Å². The quantitative estimate of drug-likeness (QED) is 0.169. The van der Waals surface area contributed by atoms with Gasteiger partial charge in [0.25, 0.3) is 0 Å². The Bertz CT molecular complexity index is 3090. The minimum absolute atomic E-state index is 0.113. The normalized spacial score (nSPS) is 15.5. The van der Waals surface area contributed by atoms with Crippen LogP contribution in [0.3, 0.4) is 0 Å². The molecular formula is C59H43N. The van der Waals surface area contributed by atoms with Crippen molar-refractivity contribution in [3.63, 3.8) is 0 Å². The fourth-order valence-corrected chi connectivity index (χ4v) is 11.1. The third kappa shape index (κ3) is 4.87. The molecule has 284 valence electrons. The summed E-state index contributed by atoms with van der Waals surface area (Å²) < 4.78 is 0. The number of nitrogens with zero attached hydrogens (tertiary/aromatic N) is 1. The van der Waals surface area contributed by atoms with Crippen molar-refractivity contribution in [2.75, 3.05) is 4.90 Å². The lowest BCUT2D eigenvalue weighted by atomic mass is 9.70. The molecule has 0 saturated heterocycles. The fraction of sp³-hybridized carbons (Fsp3) is 0.0847. The zero-order valence-corrected chi connectivity index (χ0v) is 33.9. The summed E-state index contributed by atoms with van der Waals surface area (Å²) in [6.07, 6.45) is 10.2. The predicted octanol–water partition coefficient (Wildman–Crippen LogP) is 15.1. The molecule has 8 aromatic carbocycles. The molecule has 0 amide bonds. The highest BCUT2D eigenvalue weighted by Crippen LogP contribution is 2.63. The Balaban J connectivity index is 1.02. The van der Waals surface area contributed by atoms with Crippen LogP contribution in [-0.2, 0) is 10.8 Å². The van der Waals surface area contributed by atoms with Crippen molar-refractivity contribution in [2.45, 2.75) is 31.1 Å². The van der Waals surface area contributed by atoms with Crippen LogP contribution in [-0.4, -0.2) is 0 Å². The van der Waals surface area contributed by atoms with Crippen LogP contribution in [0.25, 0.3) is 50.1 Å². The maximum absolute atomic E-state index is 2.51. The molecule has 1 heteroatoms. The highest BCUT2D eigenvalue weighted by atomic mass is 15.1. The minimum Gasteiger partial charge on any atom is -0.310 e. The second-order valence-corrected chi connectivity index (χ2v) is 17.2. The summed E-state index contributed by atoms with van der Waals surface area (Å²) in [6.45, 7) is 4.73. The molecule has 0 heterocycles. The maximum atomic E-state index is 2.51. The first kappa shape index (κ1) is 34.8. The van der Waals surface area contributed by atoms with E-state index in [1.54, 1.807) is 0 Å². The van der Waals surface area contributed by atoms with Crippen molar-refractivity contribution >= 4 is 16.9 Å². The Morgan fingerprint density at radius 3 is 1.58 bits per heavy atom. The first-order valence-corrected chi connectivity index (χ1v) is 21.2. The van der Waals surface area contributed by atoms with Gasteiger partial charge in [-0.05, 0) is 126 Å². The molecule has 12 rings (SSSR count). The third-order valence-electron chi connectivity index (χ3n) is 13.8. The maximum Gasteiger partial charge on any atom is 0.0725 e. The van der Waals surface area contributed by atoms with Crippen LogP contribution in [0.15, 0.2) is 218 Å². The van der Waals surface area contributed by atoms with Gasteiger partial charge >= 0.3 is 0 Å². The Kier molecular flexibility index (Phi) is 7.62. The number of rotatable bonds is 5. The molecule has 60 heavy (non-hydrogen) atoms.